The molecule has 10 heteroatoms. The third kappa shape index (κ3) is 5.24. The number of ether oxygens (including phenoxy) is 2. The number of hydrogen-bond donors (Lipinski definition) is 0. The summed E-state index contributed by atoms with van der Waals surface area (Å²) in [6.07, 6.45) is -11.5. The van der Waals surface area contributed by atoms with Gasteiger partial charge in [-0.25, -0.2) is 9.59 Å². The zero-order chi connectivity index (χ0) is 29.5. The number of methoxy groups -OCH3 is 1. The Labute approximate surface area is 221 Å². The number of aryl methyl sites for hydroxylation is 5. The molecular formula is C29H26F6O4. The van der Waals surface area contributed by atoms with E-state index >= 15 is 0 Å². The zero-order valence-electron chi connectivity index (χ0n) is 22.0. The molecule has 0 saturated heterocycles. The van der Waals surface area contributed by atoms with Gasteiger partial charge < -0.3 is 9.47 Å². The molecule has 39 heavy (non-hydrogen) atoms. The normalized spacial score (nSPS) is 12.3. The summed E-state index contributed by atoms with van der Waals surface area (Å²) in [4.78, 5) is 24.8. The van der Waals surface area contributed by atoms with Crippen LogP contribution in [0.5, 0.6) is 5.75 Å². The number of carbonyl (C=O) groups is 2. The fraction of sp³-hybridized carbons (Fsp3) is 0.310. The summed E-state index contributed by atoms with van der Waals surface area (Å²) < 4.78 is 97.0. The second-order valence-corrected chi connectivity index (χ2v) is 9.39. The second kappa shape index (κ2) is 10.4. The lowest BCUT2D eigenvalue weighted by molar-refractivity contribution is -0.288. The Morgan fingerprint density at radius 3 is 1.49 bits per heavy atom. The highest BCUT2D eigenvalue weighted by Crippen LogP contribution is 2.56. The van der Waals surface area contributed by atoms with Crippen molar-refractivity contribution in [1.82, 2.24) is 0 Å². The van der Waals surface area contributed by atoms with Crippen molar-refractivity contribution in [2.24, 2.45) is 0 Å². The molecule has 0 atom stereocenters. The van der Waals surface area contributed by atoms with E-state index in [0.717, 1.165) is 24.3 Å². The Morgan fingerprint density at radius 2 is 1.05 bits per heavy atom. The molecule has 0 aliphatic rings. The number of esters is 2. The summed E-state index contributed by atoms with van der Waals surface area (Å²) in [5.74, 6) is -1.71. The van der Waals surface area contributed by atoms with E-state index in [1.165, 1.54) is 39.2 Å². The Hall–Kier alpha value is -3.82. The minimum Gasteiger partial charge on any atom is -0.465 e. The number of benzene rings is 3. The van der Waals surface area contributed by atoms with Crippen molar-refractivity contribution >= 4 is 11.9 Å². The molecule has 0 N–H and O–H groups in total. The van der Waals surface area contributed by atoms with Crippen molar-refractivity contribution in [1.29, 1.82) is 0 Å². The molecule has 3 rings (SSSR count). The predicted octanol–water partition coefficient (Wildman–Crippen LogP) is 7.65. The number of rotatable bonds is 5. The average Bonchev–Trinajstić information content (AvgIpc) is 2.82. The van der Waals surface area contributed by atoms with E-state index in [1.807, 2.05) is 0 Å². The summed E-state index contributed by atoms with van der Waals surface area (Å²) in [6.45, 7) is 7.39. The van der Waals surface area contributed by atoms with E-state index in [1.54, 1.807) is 20.8 Å². The molecular weight excluding hydrogens is 526 g/mol. The first kappa shape index (κ1) is 29.7. The summed E-state index contributed by atoms with van der Waals surface area (Å²) in [7, 11) is 1.21. The number of alkyl halides is 6. The van der Waals surface area contributed by atoms with E-state index < -0.39 is 40.8 Å². The van der Waals surface area contributed by atoms with Gasteiger partial charge in [-0.3, -0.25) is 0 Å². The van der Waals surface area contributed by atoms with Gasteiger partial charge in [-0.05, 0) is 91.8 Å². The van der Waals surface area contributed by atoms with Crippen LogP contribution in [0.2, 0.25) is 0 Å². The molecule has 0 aromatic heterocycles. The lowest BCUT2D eigenvalue weighted by atomic mass is 9.72. The molecule has 0 spiro atoms. The molecule has 0 amide bonds. The number of hydrogen-bond acceptors (Lipinski definition) is 4. The summed E-state index contributed by atoms with van der Waals surface area (Å²) >= 11 is 0. The van der Waals surface area contributed by atoms with E-state index in [0.29, 0.717) is 22.8 Å². The van der Waals surface area contributed by atoms with Crippen LogP contribution < -0.4 is 4.74 Å². The third-order valence-corrected chi connectivity index (χ3v) is 6.80. The van der Waals surface area contributed by atoms with Crippen LogP contribution in [0.4, 0.5) is 26.3 Å². The summed E-state index contributed by atoms with van der Waals surface area (Å²) in [5.41, 5.74) is -4.55. The van der Waals surface area contributed by atoms with Crippen LogP contribution in [0.25, 0.3) is 0 Å². The average molecular weight is 553 g/mol. The van der Waals surface area contributed by atoms with Gasteiger partial charge in [-0.2, -0.15) is 26.3 Å². The van der Waals surface area contributed by atoms with Crippen molar-refractivity contribution < 1.29 is 45.4 Å². The minimum atomic E-state index is -5.74. The first-order valence-electron chi connectivity index (χ1n) is 11.7. The molecule has 0 saturated carbocycles. The van der Waals surface area contributed by atoms with Gasteiger partial charge in [0.15, 0.2) is 0 Å². The van der Waals surface area contributed by atoms with Crippen molar-refractivity contribution in [3.63, 3.8) is 0 Å². The van der Waals surface area contributed by atoms with Crippen molar-refractivity contribution in [2.75, 3.05) is 7.11 Å². The molecule has 0 unspecified atom stereocenters. The highest BCUT2D eigenvalue weighted by Gasteiger charge is 2.72. The fourth-order valence-electron chi connectivity index (χ4n) is 4.47. The van der Waals surface area contributed by atoms with Gasteiger partial charge in [0.05, 0.1) is 18.2 Å². The van der Waals surface area contributed by atoms with E-state index in [2.05, 4.69) is 0 Å². The smallest absolute Gasteiger partial charge is 0.411 e. The Morgan fingerprint density at radius 1 is 0.590 bits per heavy atom. The van der Waals surface area contributed by atoms with Gasteiger partial charge in [0.25, 0.3) is 0 Å². The largest absolute Gasteiger partial charge is 0.465 e. The van der Waals surface area contributed by atoms with Crippen LogP contribution in [0, 0.1) is 34.6 Å². The Kier molecular flexibility index (Phi) is 7.92. The van der Waals surface area contributed by atoms with Crippen molar-refractivity contribution in [2.45, 2.75) is 52.4 Å². The monoisotopic (exact) mass is 552 g/mol. The quantitative estimate of drug-likeness (QED) is 0.185. The van der Waals surface area contributed by atoms with E-state index in [4.69, 9.17) is 9.47 Å². The van der Waals surface area contributed by atoms with Gasteiger partial charge >= 0.3 is 24.3 Å². The van der Waals surface area contributed by atoms with Crippen molar-refractivity contribution in [3.05, 3.63) is 98.6 Å². The number of halogens is 6. The van der Waals surface area contributed by atoms with E-state index in [9.17, 15) is 35.9 Å². The Bertz CT molecular complexity index is 1420. The standard InChI is InChI=1S/C29H26F6O4/c1-15-7-8-20(11-16(15)2)27(28(30,31)32,29(33,34)35)21-9-10-24(19(5)12-21)39-26(37)23-14-17(3)22(13-18(23)4)25(36)38-6/h7-14H,1-6H3. The minimum absolute atomic E-state index is 0.0682. The lowest BCUT2D eigenvalue weighted by Gasteiger charge is -2.38. The van der Waals surface area contributed by atoms with Crippen molar-refractivity contribution in [3.8, 4) is 5.75 Å². The fourth-order valence-corrected chi connectivity index (χ4v) is 4.47. The molecule has 0 heterocycles. The van der Waals surface area contributed by atoms with Crippen LogP contribution in [0.15, 0.2) is 48.5 Å². The second-order valence-electron chi connectivity index (χ2n) is 9.39. The predicted molar refractivity (Wildman–Crippen MR) is 132 cm³/mol. The molecule has 0 radical (unpaired) electrons. The van der Waals surface area contributed by atoms with Crippen LogP contribution in [0.1, 0.15) is 59.7 Å². The number of carbonyl (C=O) groups excluding carboxylic acids is 2. The maximum absolute atomic E-state index is 14.5. The molecule has 3 aromatic carbocycles. The highest BCUT2D eigenvalue weighted by atomic mass is 19.4. The third-order valence-electron chi connectivity index (χ3n) is 6.80. The van der Waals surface area contributed by atoms with E-state index in [-0.39, 0.29) is 28.0 Å². The topological polar surface area (TPSA) is 52.6 Å². The molecule has 4 nitrogen and oxygen atoms in total. The van der Waals surface area contributed by atoms with Gasteiger partial charge in [0.2, 0.25) is 5.41 Å². The zero-order valence-corrected chi connectivity index (χ0v) is 22.0. The summed E-state index contributed by atoms with van der Waals surface area (Å²) in [5, 5.41) is 0. The van der Waals surface area contributed by atoms with Gasteiger partial charge in [0, 0.05) is 0 Å². The first-order valence-corrected chi connectivity index (χ1v) is 11.7. The molecule has 0 aliphatic heterocycles. The Balaban J connectivity index is 2.10. The first-order chi connectivity index (χ1) is 17.9. The lowest BCUT2D eigenvalue weighted by Crippen LogP contribution is -2.54. The molecule has 208 valence electrons. The van der Waals surface area contributed by atoms with Gasteiger partial charge in [-0.15, -0.1) is 0 Å². The van der Waals surface area contributed by atoms with Crippen LogP contribution in [0.3, 0.4) is 0 Å². The van der Waals surface area contributed by atoms with Crippen LogP contribution >= 0.6 is 0 Å². The maximum Gasteiger partial charge on any atom is 0.411 e. The summed E-state index contributed by atoms with van der Waals surface area (Å²) in [6, 6.07) is 8.08. The molecule has 0 aliphatic carbocycles. The maximum atomic E-state index is 14.5. The molecule has 0 bridgehead atoms. The molecule has 3 aromatic rings. The van der Waals surface area contributed by atoms with Crippen LogP contribution in [-0.2, 0) is 10.2 Å². The SMILES string of the molecule is COC(=O)c1cc(C)c(C(=O)Oc2ccc(C(c3ccc(C)c(C)c3)(C(F)(F)F)C(F)(F)F)cc2C)cc1C. The van der Waals surface area contributed by atoms with Gasteiger partial charge in [0.1, 0.15) is 5.75 Å². The highest BCUT2D eigenvalue weighted by molar-refractivity contribution is 5.96. The van der Waals surface area contributed by atoms with Crippen LogP contribution in [-0.4, -0.2) is 31.4 Å². The van der Waals surface area contributed by atoms with Gasteiger partial charge in [-0.1, -0.05) is 30.3 Å². The molecule has 0 fully saturated rings.